The van der Waals surface area contributed by atoms with Crippen molar-refractivity contribution in [3.63, 3.8) is 0 Å². The molecule has 2 amide bonds. The van der Waals surface area contributed by atoms with E-state index in [-0.39, 0.29) is 36.0 Å². The fourth-order valence-electron chi connectivity index (χ4n) is 2.73. The number of carbonyl (C=O) groups is 2. The Kier molecular flexibility index (Phi) is 6.07. The molecule has 9 heteroatoms. The number of aromatic nitrogens is 1. The van der Waals surface area contributed by atoms with Gasteiger partial charge in [0.1, 0.15) is 17.3 Å². The molecule has 25 heavy (non-hydrogen) atoms. The first-order chi connectivity index (χ1) is 11.9. The van der Waals surface area contributed by atoms with Crippen molar-refractivity contribution in [3.05, 3.63) is 34.6 Å². The van der Waals surface area contributed by atoms with Crippen molar-refractivity contribution in [2.75, 3.05) is 19.7 Å². The zero-order valence-corrected chi connectivity index (χ0v) is 14.5. The van der Waals surface area contributed by atoms with Crippen LogP contribution >= 0.6 is 11.6 Å². The van der Waals surface area contributed by atoms with Gasteiger partial charge in [0.15, 0.2) is 0 Å². The molecule has 2 heterocycles. The van der Waals surface area contributed by atoms with E-state index in [4.69, 9.17) is 21.4 Å². The first kappa shape index (κ1) is 18.8. The number of likely N-dealkylation sites (tertiary alicyclic amines) is 1. The standard InChI is InChI=1S/C16H19ClN4O4/c1-3-6-25-12-8-21(16(23)24)5-4-11(12)20-15(22)14-10(7-18)13(17)9(2)19-14/h3,11-12,19H,1,4-6,8H2,2H3,(H,20,22)(H,23,24)/t11-,12+/m1/s1. The highest BCUT2D eigenvalue weighted by Crippen LogP contribution is 2.24. The Morgan fingerprint density at radius 2 is 2.36 bits per heavy atom. The van der Waals surface area contributed by atoms with Gasteiger partial charge in [-0.15, -0.1) is 6.58 Å². The van der Waals surface area contributed by atoms with E-state index in [1.165, 1.54) is 4.90 Å². The van der Waals surface area contributed by atoms with E-state index < -0.39 is 24.1 Å². The van der Waals surface area contributed by atoms with Crippen molar-refractivity contribution in [2.24, 2.45) is 0 Å². The number of aromatic amines is 1. The summed E-state index contributed by atoms with van der Waals surface area (Å²) in [6.45, 7) is 5.90. The predicted octanol–water partition coefficient (Wildman–Crippen LogP) is 1.90. The number of piperidine rings is 1. The Balaban J connectivity index is 2.15. The van der Waals surface area contributed by atoms with Gasteiger partial charge in [0.25, 0.3) is 5.91 Å². The predicted molar refractivity (Wildman–Crippen MR) is 90.7 cm³/mol. The Hall–Kier alpha value is -2.50. The third-order valence-electron chi connectivity index (χ3n) is 4.02. The minimum Gasteiger partial charge on any atom is -0.465 e. The van der Waals surface area contributed by atoms with E-state index in [0.29, 0.717) is 12.1 Å². The van der Waals surface area contributed by atoms with Crippen molar-refractivity contribution in [1.82, 2.24) is 15.2 Å². The topological polar surface area (TPSA) is 118 Å². The Morgan fingerprint density at radius 3 is 2.96 bits per heavy atom. The molecule has 2 rings (SSSR count). The highest BCUT2D eigenvalue weighted by atomic mass is 35.5. The Bertz CT molecular complexity index is 724. The number of nitriles is 1. The van der Waals surface area contributed by atoms with Crippen molar-refractivity contribution in [3.8, 4) is 6.07 Å². The summed E-state index contributed by atoms with van der Waals surface area (Å²) in [4.78, 5) is 27.7. The third kappa shape index (κ3) is 4.13. The first-order valence-corrected chi connectivity index (χ1v) is 8.06. The summed E-state index contributed by atoms with van der Waals surface area (Å²) < 4.78 is 5.61. The minimum atomic E-state index is -1.03. The minimum absolute atomic E-state index is 0.0863. The van der Waals surface area contributed by atoms with Crippen molar-refractivity contribution in [1.29, 1.82) is 5.26 Å². The summed E-state index contributed by atoms with van der Waals surface area (Å²) in [5, 5.41) is 21.4. The van der Waals surface area contributed by atoms with E-state index in [1.807, 2.05) is 6.07 Å². The van der Waals surface area contributed by atoms with Crippen LogP contribution in [-0.2, 0) is 4.74 Å². The number of amides is 2. The number of rotatable bonds is 5. The Morgan fingerprint density at radius 1 is 1.64 bits per heavy atom. The molecule has 0 radical (unpaired) electrons. The molecule has 0 spiro atoms. The van der Waals surface area contributed by atoms with Crippen LogP contribution in [0.15, 0.2) is 12.7 Å². The SMILES string of the molecule is C=CCO[C@H]1CN(C(=O)O)CC[C@H]1NC(=O)c1[nH]c(C)c(Cl)c1C#N. The van der Waals surface area contributed by atoms with Gasteiger partial charge >= 0.3 is 6.09 Å². The molecule has 1 aliphatic heterocycles. The molecule has 2 atom stereocenters. The number of H-pyrrole nitrogens is 1. The number of hydrogen-bond donors (Lipinski definition) is 3. The number of halogens is 1. The van der Waals surface area contributed by atoms with E-state index >= 15 is 0 Å². The highest BCUT2D eigenvalue weighted by Gasteiger charge is 2.34. The smallest absolute Gasteiger partial charge is 0.407 e. The summed E-state index contributed by atoms with van der Waals surface area (Å²) in [6.07, 6.45) is 0.412. The Labute approximate surface area is 150 Å². The number of hydrogen-bond acceptors (Lipinski definition) is 4. The van der Waals surface area contributed by atoms with Gasteiger partial charge in [0.05, 0.1) is 30.3 Å². The summed E-state index contributed by atoms with van der Waals surface area (Å²) >= 11 is 6.01. The van der Waals surface area contributed by atoms with Crippen LogP contribution in [0.1, 0.15) is 28.2 Å². The van der Waals surface area contributed by atoms with Crippen LogP contribution in [0.5, 0.6) is 0 Å². The molecule has 0 bridgehead atoms. The highest BCUT2D eigenvalue weighted by molar-refractivity contribution is 6.33. The number of nitrogens with zero attached hydrogens (tertiary/aromatic N) is 2. The summed E-state index contributed by atoms with van der Waals surface area (Å²) in [5.41, 5.74) is 0.708. The van der Waals surface area contributed by atoms with E-state index in [9.17, 15) is 14.9 Å². The van der Waals surface area contributed by atoms with E-state index in [2.05, 4.69) is 16.9 Å². The number of nitrogens with one attached hydrogen (secondary N) is 2. The quantitative estimate of drug-likeness (QED) is 0.688. The summed E-state index contributed by atoms with van der Waals surface area (Å²) in [5.74, 6) is -0.479. The maximum Gasteiger partial charge on any atom is 0.407 e. The molecule has 0 saturated carbocycles. The number of aryl methyl sites for hydroxylation is 1. The second-order valence-corrected chi connectivity index (χ2v) is 6.06. The average Bonchev–Trinajstić information content (AvgIpc) is 2.88. The molecule has 0 aliphatic carbocycles. The molecule has 0 unspecified atom stereocenters. The molecule has 1 aromatic heterocycles. The zero-order chi connectivity index (χ0) is 18.6. The number of ether oxygens (including phenoxy) is 1. The molecule has 1 aliphatic rings. The van der Waals surface area contributed by atoms with Crippen LogP contribution in [0.2, 0.25) is 5.02 Å². The summed E-state index contributed by atoms with van der Waals surface area (Å²) in [7, 11) is 0. The molecular formula is C16H19ClN4O4. The molecule has 0 aromatic carbocycles. The molecular weight excluding hydrogens is 348 g/mol. The first-order valence-electron chi connectivity index (χ1n) is 7.68. The molecule has 1 saturated heterocycles. The zero-order valence-electron chi connectivity index (χ0n) is 13.7. The monoisotopic (exact) mass is 366 g/mol. The van der Waals surface area contributed by atoms with Gasteiger partial charge in [-0.3, -0.25) is 4.79 Å². The van der Waals surface area contributed by atoms with Gasteiger partial charge in [0.2, 0.25) is 0 Å². The second kappa shape index (κ2) is 8.05. The van der Waals surface area contributed by atoms with Crippen LogP contribution < -0.4 is 5.32 Å². The van der Waals surface area contributed by atoms with Gasteiger partial charge in [-0.1, -0.05) is 17.7 Å². The van der Waals surface area contributed by atoms with Crippen LogP contribution in [0, 0.1) is 18.3 Å². The molecule has 1 aromatic rings. The van der Waals surface area contributed by atoms with Gasteiger partial charge in [-0.2, -0.15) is 5.26 Å². The molecule has 1 fully saturated rings. The molecule has 3 N–H and O–H groups in total. The maximum atomic E-state index is 12.5. The lowest BCUT2D eigenvalue weighted by atomic mass is 10.0. The summed E-state index contributed by atoms with van der Waals surface area (Å²) in [6, 6.07) is 1.52. The fraction of sp³-hybridized carbons (Fsp3) is 0.438. The van der Waals surface area contributed by atoms with Crippen molar-refractivity contribution >= 4 is 23.6 Å². The number of carboxylic acid groups (broad SMARTS) is 1. The van der Waals surface area contributed by atoms with Crippen molar-refractivity contribution in [2.45, 2.75) is 25.5 Å². The fourth-order valence-corrected chi connectivity index (χ4v) is 2.92. The van der Waals surface area contributed by atoms with Crippen LogP contribution in [0.4, 0.5) is 4.79 Å². The lowest BCUT2D eigenvalue weighted by molar-refractivity contribution is -0.00483. The van der Waals surface area contributed by atoms with Gasteiger partial charge in [-0.25, -0.2) is 4.79 Å². The lowest BCUT2D eigenvalue weighted by Gasteiger charge is -2.37. The van der Waals surface area contributed by atoms with Crippen molar-refractivity contribution < 1.29 is 19.4 Å². The lowest BCUT2D eigenvalue weighted by Crippen LogP contribution is -2.56. The van der Waals surface area contributed by atoms with Crippen LogP contribution in [0.3, 0.4) is 0 Å². The molecule has 134 valence electrons. The average molecular weight is 367 g/mol. The molecule has 8 nitrogen and oxygen atoms in total. The van der Waals surface area contributed by atoms with Crippen LogP contribution in [-0.4, -0.2) is 58.8 Å². The third-order valence-corrected chi connectivity index (χ3v) is 4.50. The normalized spacial score (nSPS) is 20.0. The number of carbonyl (C=O) groups excluding carboxylic acids is 1. The van der Waals surface area contributed by atoms with E-state index in [1.54, 1.807) is 13.0 Å². The van der Waals surface area contributed by atoms with Gasteiger partial charge < -0.3 is 25.0 Å². The maximum absolute atomic E-state index is 12.5. The van der Waals surface area contributed by atoms with E-state index in [0.717, 1.165) is 0 Å². The largest absolute Gasteiger partial charge is 0.465 e. The van der Waals surface area contributed by atoms with Gasteiger partial charge in [-0.05, 0) is 13.3 Å². The van der Waals surface area contributed by atoms with Crippen LogP contribution in [0.25, 0.3) is 0 Å². The van der Waals surface area contributed by atoms with Gasteiger partial charge in [0, 0.05) is 12.2 Å². The second-order valence-electron chi connectivity index (χ2n) is 5.68.